The molecule has 0 bridgehead atoms. The molecule has 22 heavy (non-hydrogen) atoms. The minimum Gasteiger partial charge on any atom is -0.494 e. The summed E-state index contributed by atoms with van der Waals surface area (Å²) in [6, 6.07) is 5.40. The summed E-state index contributed by atoms with van der Waals surface area (Å²) in [4.78, 5) is 30.4. The second-order valence-corrected chi connectivity index (χ2v) is 4.38. The summed E-state index contributed by atoms with van der Waals surface area (Å²) in [5, 5.41) is 9.47. The Morgan fingerprint density at radius 2 is 2.00 bits per heavy atom. The topological polar surface area (TPSA) is 117 Å². The monoisotopic (exact) mass is 301 g/mol. The number of nitrogens with one attached hydrogen (secondary N) is 2. The van der Waals surface area contributed by atoms with Gasteiger partial charge in [0.25, 0.3) is 5.56 Å². The van der Waals surface area contributed by atoms with Gasteiger partial charge in [-0.2, -0.15) is 0 Å². The van der Waals surface area contributed by atoms with Gasteiger partial charge in [0.2, 0.25) is 12.7 Å². The predicted molar refractivity (Wildman–Crippen MR) is 78.5 cm³/mol. The van der Waals surface area contributed by atoms with Crippen molar-refractivity contribution in [2.24, 2.45) is 4.99 Å². The number of aromatic amines is 2. The highest BCUT2D eigenvalue weighted by molar-refractivity contribution is 5.82. The number of nitrogens with zero attached hydrogens (tertiary/aromatic N) is 1. The van der Waals surface area contributed by atoms with E-state index in [2.05, 4.69) is 9.98 Å². The lowest BCUT2D eigenvalue weighted by molar-refractivity contribution is 0.174. The molecule has 0 amide bonds. The van der Waals surface area contributed by atoms with E-state index in [9.17, 15) is 14.7 Å². The number of aliphatic imine (C=N–C) groups is 1. The summed E-state index contributed by atoms with van der Waals surface area (Å²) in [7, 11) is 0. The number of rotatable bonds is 3. The lowest BCUT2D eigenvalue weighted by Crippen LogP contribution is -2.24. The SMILES string of the molecule is O=c1[nH]c(O)c(C=N/C=C/c2ccc3c(c2)OCO3)c(=O)[nH]1. The number of hydrogen-bond donors (Lipinski definition) is 3. The lowest BCUT2D eigenvalue weighted by Gasteiger charge is -1.97. The Hall–Kier alpha value is -3.29. The van der Waals surface area contributed by atoms with E-state index in [0.717, 1.165) is 11.8 Å². The molecule has 0 radical (unpaired) electrons. The van der Waals surface area contributed by atoms with Crippen molar-refractivity contribution >= 4 is 12.3 Å². The Labute approximate surface area is 123 Å². The molecular weight excluding hydrogens is 290 g/mol. The van der Waals surface area contributed by atoms with Crippen LogP contribution < -0.4 is 20.7 Å². The zero-order valence-electron chi connectivity index (χ0n) is 11.2. The third-order valence-electron chi connectivity index (χ3n) is 2.91. The van der Waals surface area contributed by atoms with Gasteiger partial charge >= 0.3 is 5.69 Å². The molecule has 0 unspecified atom stereocenters. The van der Waals surface area contributed by atoms with Crippen molar-refractivity contribution in [2.45, 2.75) is 0 Å². The minimum atomic E-state index is -0.782. The summed E-state index contributed by atoms with van der Waals surface area (Å²) < 4.78 is 10.5. The standard InChI is InChI=1S/C14H11N3O5/c18-12-9(13(19)17-14(20)16-12)6-15-4-3-8-1-2-10-11(5-8)22-7-21-10/h1-6H,7H2,(H3,16,17,18,19,20)/b4-3+,15-6?. The molecule has 1 aromatic carbocycles. The van der Waals surface area contributed by atoms with Crippen LogP contribution in [-0.2, 0) is 0 Å². The van der Waals surface area contributed by atoms with Crippen LogP contribution in [0.15, 0.2) is 39.0 Å². The molecule has 0 atom stereocenters. The van der Waals surface area contributed by atoms with E-state index >= 15 is 0 Å². The zero-order valence-corrected chi connectivity index (χ0v) is 11.2. The quantitative estimate of drug-likeness (QED) is 0.717. The highest BCUT2D eigenvalue weighted by Gasteiger charge is 2.12. The molecule has 1 aliphatic rings. The maximum atomic E-state index is 11.5. The molecule has 2 heterocycles. The van der Waals surface area contributed by atoms with Crippen LogP contribution in [-0.4, -0.2) is 28.1 Å². The number of H-pyrrole nitrogens is 2. The van der Waals surface area contributed by atoms with Gasteiger partial charge in [-0.05, 0) is 23.8 Å². The molecule has 1 aromatic heterocycles. The number of benzene rings is 1. The van der Waals surface area contributed by atoms with E-state index in [0.29, 0.717) is 11.5 Å². The first-order valence-corrected chi connectivity index (χ1v) is 6.28. The first-order chi connectivity index (χ1) is 10.6. The molecular formula is C14H11N3O5. The maximum absolute atomic E-state index is 11.5. The van der Waals surface area contributed by atoms with Crippen molar-refractivity contribution in [3.8, 4) is 17.4 Å². The van der Waals surface area contributed by atoms with Gasteiger partial charge in [-0.1, -0.05) is 6.07 Å². The molecule has 8 nitrogen and oxygen atoms in total. The van der Waals surface area contributed by atoms with Crippen molar-refractivity contribution in [1.82, 2.24) is 9.97 Å². The van der Waals surface area contributed by atoms with E-state index < -0.39 is 17.1 Å². The van der Waals surface area contributed by atoms with Gasteiger partial charge in [-0.15, -0.1) is 0 Å². The fourth-order valence-corrected chi connectivity index (χ4v) is 1.87. The Bertz CT molecular complexity index is 879. The van der Waals surface area contributed by atoms with Gasteiger partial charge in [0, 0.05) is 12.4 Å². The second-order valence-electron chi connectivity index (χ2n) is 4.38. The molecule has 8 heteroatoms. The van der Waals surface area contributed by atoms with Crippen molar-refractivity contribution in [1.29, 1.82) is 0 Å². The summed E-state index contributed by atoms with van der Waals surface area (Å²) in [5.41, 5.74) is -0.798. The van der Waals surface area contributed by atoms with Gasteiger partial charge in [-0.25, -0.2) is 4.79 Å². The number of aromatic nitrogens is 2. The van der Waals surface area contributed by atoms with Crippen LogP contribution in [0.2, 0.25) is 0 Å². The van der Waals surface area contributed by atoms with Crippen LogP contribution in [0, 0.1) is 0 Å². The molecule has 3 rings (SSSR count). The van der Waals surface area contributed by atoms with Gasteiger partial charge in [0.1, 0.15) is 5.56 Å². The van der Waals surface area contributed by atoms with Crippen molar-refractivity contribution in [3.05, 3.63) is 56.4 Å². The fraction of sp³-hybridized carbons (Fsp3) is 0.0714. The Morgan fingerprint density at radius 3 is 2.82 bits per heavy atom. The number of fused-ring (bicyclic) bond motifs is 1. The Morgan fingerprint density at radius 1 is 1.18 bits per heavy atom. The van der Waals surface area contributed by atoms with Crippen LogP contribution in [0.3, 0.4) is 0 Å². The largest absolute Gasteiger partial charge is 0.494 e. The molecule has 0 aliphatic carbocycles. The molecule has 1 aliphatic heterocycles. The Balaban J connectivity index is 1.77. The predicted octanol–water partition coefficient (Wildman–Crippen LogP) is 0.587. The molecule has 0 saturated heterocycles. The van der Waals surface area contributed by atoms with E-state index in [1.165, 1.54) is 6.20 Å². The molecule has 112 valence electrons. The molecule has 2 aromatic rings. The van der Waals surface area contributed by atoms with Crippen LogP contribution in [0.4, 0.5) is 0 Å². The van der Waals surface area contributed by atoms with E-state index in [4.69, 9.17) is 9.47 Å². The normalized spacial score (nSPS) is 13.3. The van der Waals surface area contributed by atoms with E-state index in [-0.39, 0.29) is 12.4 Å². The van der Waals surface area contributed by atoms with Gasteiger partial charge in [0.05, 0.1) is 0 Å². The van der Waals surface area contributed by atoms with Crippen LogP contribution in [0.5, 0.6) is 17.4 Å². The minimum absolute atomic E-state index is 0.130. The molecule has 0 fully saturated rings. The Kier molecular flexibility index (Phi) is 3.48. The number of hydrogen-bond acceptors (Lipinski definition) is 6. The number of ether oxygens (including phenoxy) is 2. The van der Waals surface area contributed by atoms with Crippen molar-refractivity contribution in [2.75, 3.05) is 6.79 Å². The van der Waals surface area contributed by atoms with E-state index in [1.807, 2.05) is 11.1 Å². The van der Waals surface area contributed by atoms with E-state index in [1.54, 1.807) is 18.2 Å². The van der Waals surface area contributed by atoms with Gasteiger partial charge in [-0.3, -0.25) is 19.8 Å². The van der Waals surface area contributed by atoms with Crippen molar-refractivity contribution in [3.63, 3.8) is 0 Å². The zero-order chi connectivity index (χ0) is 15.5. The van der Waals surface area contributed by atoms with Crippen molar-refractivity contribution < 1.29 is 14.6 Å². The van der Waals surface area contributed by atoms with Gasteiger partial charge < -0.3 is 14.6 Å². The van der Waals surface area contributed by atoms with Crippen LogP contribution >= 0.6 is 0 Å². The second kappa shape index (κ2) is 5.60. The smallest absolute Gasteiger partial charge is 0.328 e. The summed E-state index contributed by atoms with van der Waals surface area (Å²) in [6.07, 6.45) is 4.28. The summed E-state index contributed by atoms with van der Waals surface area (Å²) in [6.45, 7) is 0.203. The average Bonchev–Trinajstić information content (AvgIpc) is 2.93. The number of aromatic hydroxyl groups is 1. The average molecular weight is 301 g/mol. The third-order valence-corrected chi connectivity index (χ3v) is 2.91. The summed E-state index contributed by atoms with van der Waals surface area (Å²) >= 11 is 0. The third kappa shape index (κ3) is 2.75. The summed E-state index contributed by atoms with van der Waals surface area (Å²) in [5.74, 6) is 0.806. The van der Waals surface area contributed by atoms with Crippen LogP contribution in [0.1, 0.15) is 11.1 Å². The maximum Gasteiger partial charge on any atom is 0.328 e. The molecule has 0 saturated carbocycles. The van der Waals surface area contributed by atoms with Gasteiger partial charge in [0.15, 0.2) is 11.5 Å². The highest BCUT2D eigenvalue weighted by atomic mass is 16.7. The highest BCUT2D eigenvalue weighted by Crippen LogP contribution is 2.32. The van der Waals surface area contributed by atoms with Crippen LogP contribution in [0.25, 0.3) is 6.08 Å². The molecule has 0 spiro atoms. The fourth-order valence-electron chi connectivity index (χ4n) is 1.87. The first-order valence-electron chi connectivity index (χ1n) is 6.28. The lowest BCUT2D eigenvalue weighted by atomic mass is 10.2. The molecule has 3 N–H and O–H groups in total. The first kappa shape index (κ1) is 13.7.